The number of Topliss-reactive ketones (excluding diaryl/α,β-unsaturated/α-hetero) is 1. The number of benzene rings is 1. The molecule has 1 aromatic carbocycles. The number of aromatic nitrogens is 1. The number of ketones is 1. The molecule has 1 aliphatic heterocycles. The van der Waals surface area contributed by atoms with E-state index in [-0.39, 0.29) is 17.3 Å². The molecule has 7 heteroatoms. The quantitative estimate of drug-likeness (QED) is 0.831. The van der Waals surface area contributed by atoms with Crippen molar-refractivity contribution in [3.05, 3.63) is 65.7 Å². The third-order valence-electron chi connectivity index (χ3n) is 4.41. The molecule has 1 aliphatic rings. The lowest BCUT2D eigenvalue weighted by molar-refractivity contribution is -0.119. The summed E-state index contributed by atoms with van der Waals surface area (Å²) in [6.45, 7) is 4.81. The zero-order valence-corrected chi connectivity index (χ0v) is 15.8. The Kier molecular flexibility index (Phi) is 5.26. The van der Waals surface area contributed by atoms with Crippen molar-refractivity contribution in [2.75, 3.05) is 10.2 Å². The molecule has 0 radical (unpaired) electrons. The number of carbonyl (C=O) groups excluding carboxylic acids is 3. The molecule has 1 unspecified atom stereocenters. The van der Waals surface area contributed by atoms with E-state index in [2.05, 4.69) is 10.3 Å². The Hall–Kier alpha value is -3.48. The van der Waals surface area contributed by atoms with Gasteiger partial charge in [-0.1, -0.05) is 26.0 Å². The normalized spacial score (nSPS) is 16.6. The van der Waals surface area contributed by atoms with Gasteiger partial charge in [0.25, 0.3) is 5.91 Å². The molecule has 2 amide bonds. The number of aliphatic hydroxyl groups excluding tert-OH is 1. The molecule has 2 N–H and O–H groups in total. The van der Waals surface area contributed by atoms with Crippen LogP contribution in [0.15, 0.2) is 60.0 Å². The summed E-state index contributed by atoms with van der Waals surface area (Å²) in [5.41, 5.74) is 1.43. The summed E-state index contributed by atoms with van der Waals surface area (Å²) in [6, 6.07) is 11.0. The zero-order chi connectivity index (χ0) is 20.4. The summed E-state index contributed by atoms with van der Waals surface area (Å²) < 4.78 is 0. The number of amides is 2. The van der Waals surface area contributed by atoms with Gasteiger partial charge in [-0.05, 0) is 30.3 Å². The van der Waals surface area contributed by atoms with Gasteiger partial charge in [-0.3, -0.25) is 24.3 Å². The zero-order valence-electron chi connectivity index (χ0n) is 15.8. The summed E-state index contributed by atoms with van der Waals surface area (Å²) in [7, 11) is 0. The maximum absolute atomic E-state index is 12.9. The lowest BCUT2D eigenvalue weighted by atomic mass is 9.93. The molecule has 1 aromatic heterocycles. The van der Waals surface area contributed by atoms with Gasteiger partial charge in [0.1, 0.15) is 6.04 Å². The molecular formula is C21H21N3O4. The molecule has 0 saturated carbocycles. The van der Waals surface area contributed by atoms with E-state index in [4.69, 9.17) is 0 Å². The molecule has 7 nitrogen and oxygen atoms in total. The van der Waals surface area contributed by atoms with Gasteiger partial charge in [-0.2, -0.15) is 0 Å². The van der Waals surface area contributed by atoms with Crippen molar-refractivity contribution in [1.82, 2.24) is 4.98 Å². The maximum Gasteiger partial charge on any atom is 0.294 e. The summed E-state index contributed by atoms with van der Waals surface area (Å²) >= 11 is 0. The van der Waals surface area contributed by atoms with E-state index in [1.54, 1.807) is 62.5 Å². The van der Waals surface area contributed by atoms with Gasteiger partial charge < -0.3 is 10.4 Å². The van der Waals surface area contributed by atoms with E-state index in [0.29, 0.717) is 17.1 Å². The van der Waals surface area contributed by atoms with Crippen LogP contribution >= 0.6 is 0 Å². The highest BCUT2D eigenvalue weighted by atomic mass is 16.3. The van der Waals surface area contributed by atoms with Crippen LogP contribution in [0.3, 0.4) is 0 Å². The Bertz CT molecular complexity index is 967. The minimum absolute atomic E-state index is 0.0311. The highest BCUT2D eigenvalue weighted by Crippen LogP contribution is 2.41. The molecule has 0 spiro atoms. The molecule has 2 heterocycles. The van der Waals surface area contributed by atoms with Crippen LogP contribution in [0.5, 0.6) is 0 Å². The van der Waals surface area contributed by atoms with E-state index < -0.39 is 23.6 Å². The second-order valence-corrected chi connectivity index (χ2v) is 6.85. The lowest BCUT2D eigenvalue weighted by Crippen LogP contribution is -2.32. The number of carbonyl (C=O) groups is 3. The van der Waals surface area contributed by atoms with Crippen LogP contribution < -0.4 is 10.2 Å². The number of hydrogen-bond acceptors (Lipinski definition) is 5. The summed E-state index contributed by atoms with van der Waals surface area (Å²) in [6.07, 6.45) is 1.57. The highest BCUT2D eigenvalue weighted by molar-refractivity contribution is 6.17. The largest absolute Gasteiger partial charge is 0.503 e. The minimum atomic E-state index is -0.851. The Balaban J connectivity index is 2.14. The summed E-state index contributed by atoms with van der Waals surface area (Å²) in [5.74, 6) is -2.22. The fraction of sp³-hybridized carbons (Fsp3) is 0.238. The molecule has 0 bridgehead atoms. The number of aliphatic hydroxyl groups is 1. The molecule has 1 atom stereocenters. The number of nitrogens with one attached hydrogen (secondary N) is 1. The van der Waals surface area contributed by atoms with E-state index in [0.717, 1.165) is 0 Å². The molecule has 2 aromatic rings. The number of pyridine rings is 1. The van der Waals surface area contributed by atoms with Gasteiger partial charge >= 0.3 is 0 Å². The minimum Gasteiger partial charge on any atom is -0.503 e. The second-order valence-electron chi connectivity index (χ2n) is 6.85. The van der Waals surface area contributed by atoms with Crippen LogP contribution in [-0.4, -0.2) is 27.7 Å². The highest BCUT2D eigenvalue weighted by Gasteiger charge is 2.45. The maximum atomic E-state index is 12.9. The van der Waals surface area contributed by atoms with Crippen molar-refractivity contribution in [2.45, 2.75) is 26.8 Å². The molecular weight excluding hydrogens is 358 g/mol. The van der Waals surface area contributed by atoms with Crippen LogP contribution in [0.1, 0.15) is 32.5 Å². The Morgan fingerprint density at radius 1 is 1.18 bits per heavy atom. The van der Waals surface area contributed by atoms with E-state index in [9.17, 15) is 19.5 Å². The number of anilines is 2. The first-order valence-corrected chi connectivity index (χ1v) is 8.90. The fourth-order valence-electron chi connectivity index (χ4n) is 3.19. The average molecular weight is 379 g/mol. The van der Waals surface area contributed by atoms with E-state index >= 15 is 0 Å². The second kappa shape index (κ2) is 7.64. The van der Waals surface area contributed by atoms with Gasteiger partial charge in [-0.15, -0.1) is 0 Å². The van der Waals surface area contributed by atoms with Gasteiger partial charge in [-0.25, -0.2) is 0 Å². The topological polar surface area (TPSA) is 99.6 Å². The van der Waals surface area contributed by atoms with Crippen molar-refractivity contribution in [3.8, 4) is 0 Å². The predicted molar refractivity (Wildman–Crippen MR) is 105 cm³/mol. The van der Waals surface area contributed by atoms with E-state index in [1.165, 1.54) is 11.8 Å². The van der Waals surface area contributed by atoms with Gasteiger partial charge in [0.05, 0.1) is 11.3 Å². The number of rotatable bonds is 5. The average Bonchev–Trinajstić information content (AvgIpc) is 2.92. The van der Waals surface area contributed by atoms with Crippen molar-refractivity contribution in [3.63, 3.8) is 0 Å². The van der Waals surface area contributed by atoms with Crippen molar-refractivity contribution < 1.29 is 19.5 Å². The number of nitrogens with zero attached hydrogens (tertiary/aromatic N) is 2. The van der Waals surface area contributed by atoms with Crippen LogP contribution in [-0.2, 0) is 14.4 Å². The standard InChI is InChI=1S/C21H21N3O4/c1-12(2)19(26)17-18(16-9-4-5-10-22-16)24(21(28)20(17)27)15-8-6-7-14(11-15)23-13(3)25/h4-12,18,27H,1-3H3,(H,23,25). The molecule has 144 valence electrons. The van der Waals surface area contributed by atoms with E-state index in [1.807, 2.05) is 0 Å². The first-order chi connectivity index (χ1) is 13.3. The van der Waals surface area contributed by atoms with Gasteiger partial charge in [0, 0.05) is 30.4 Å². The third-order valence-corrected chi connectivity index (χ3v) is 4.41. The monoisotopic (exact) mass is 379 g/mol. The van der Waals surface area contributed by atoms with Crippen LogP contribution in [0.2, 0.25) is 0 Å². The van der Waals surface area contributed by atoms with Crippen LogP contribution in [0.25, 0.3) is 0 Å². The Labute approximate surface area is 162 Å². The van der Waals surface area contributed by atoms with Gasteiger partial charge in [0.15, 0.2) is 11.5 Å². The molecule has 0 fully saturated rings. The molecule has 0 saturated heterocycles. The smallest absolute Gasteiger partial charge is 0.294 e. The Morgan fingerprint density at radius 2 is 1.93 bits per heavy atom. The molecule has 28 heavy (non-hydrogen) atoms. The first-order valence-electron chi connectivity index (χ1n) is 8.90. The predicted octanol–water partition coefficient (Wildman–Crippen LogP) is 3.17. The summed E-state index contributed by atoms with van der Waals surface area (Å²) in [5, 5.41) is 13.2. The van der Waals surface area contributed by atoms with Crippen molar-refractivity contribution >= 4 is 29.0 Å². The van der Waals surface area contributed by atoms with Crippen LogP contribution in [0, 0.1) is 5.92 Å². The SMILES string of the molecule is CC(=O)Nc1cccc(N2C(=O)C(O)=C(C(=O)C(C)C)C2c2ccccn2)c1. The number of hydrogen-bond donors (Lipinski definition) is 2. The third kappa shape index (κ3) is 3.51. The first kappa shape index (κ1) is 19.3. The summed E-state index contributed by atoms with van der Waals surface area (Å²) in [4.78, 5) is 42.7. The fourth-order valence-corrected chi connectivity index (χ4v) is 3.19. The van der Waals surface area contributed by atoms with Crippen molar-refractivity contribution in [1.29, 1.82) is 0 Å². The lowest BCUT2D eigenvalue weighted by Gasteiger charge is -2.27. The van der Waals surface area contributed by atoms with Crippen molar-refractivity contribution in [2.24, 2.45) is 5.92 Å². The van der Waals surface area contributed by atoms with Crippen LogP contribution in [0.4, 0.5) is 11.4 Å². The molecule has 0 aliphatic carbocycles. The Morgan fingerprint density at radius 3 is 2.54 bits per heavy atom. The van der Waals surface area contributed by atoms with Gasteiger partial charge in [0.2, 0.25) is 5.91 Å². The molecule has 3 rings (SSSR count).